The van der Waals surface area contributed by atoms with Gasteiger partial charge in [0.05, 0.1) is 11.1 Å². The Morgan fingerprint density at radius 2 is 2.15 bits per heavy atom. The molecule has 64 valence electrons. The first-order valence-electron chi connectivity index (χ1n) is 4.24. The molecule has 0 aliphatic carbocycles. The third kappa shape index (κ3) is 0.988. The lowest BCUT2D eigenvalue weighted by Gasteiger charge is -2.05. The number of ether oxygens (including phenoxy) is 1. The summed E-state index contributed by atoms with van der Waals surface area (Å²) in [6.45, 7) is 0.727. The molecule has 0 amide bonds. The van der Waals surface area contributed by atoms with E-state index >= 15 is 0 Å². The molecule has 0 saturated heterocycles. The average molecular weight is 188 g/mol. The zero-order valence-electron chi connectivity index (χ0n) is 6.99. The van der Waals surface area contributed by atoms with Gasteiger partial charge >= 0.3 is 0 Å². The van der Waals surface area contributed by atoms with Gasteiger partial charge in [-0.25, -0.2) is 0 Å². The standard InChI is InChI=1S/C11H8OS/c1-2-4-10-8(3-1)9-5-6-12-7-11(9)13-10/h1-6H,7H2. The second-order valence-corrected chi connectivity index (χ2v) is 4.19. The summed E-state index contributed by atoms with van der Waals surface area (Å²) < 4.78 is 6.61. The van der Waals surface area contributed by atoms with E-state index in [4.69, 9.17) is 4.74 Å². The average Bonchev–Trinajstić information content (AvgIpc) is 2.56. The van der Waals surface area contributed by atoms with Crippen LogP contribution >= 0.6 is 11.3 Å². The van der Waals surface area contributed by atoms with Crippen molar-refractivity contribution in [3.63, 3.8) is 0 Å². The van der Waals surface area contributed by atoms with Gasteiger partial charge in [0.2, 0.25) is 0 Å². The van der Waals surface area contributed by atoms with Crippen LogP contribution in [0.25, 0.3) is 16.2 Å². The Labute approximate surface area is 80.3 Å². The predicted molar refractivity (Wildman–Crippen MR) is 55.6 cm³/mol. The maximum atomic E-state index is 5.26. The number of rotatable bonds is 0. The van der Waals surface area contributed by atoms with Gasteiger partial charge in [-0.05, 0) is 12.1 Å². The summed E-state index contributed by atoms with van der Waals surface area (Å²) >= 11 is 1.82. The third-order valence-corrected chi connectivity index (χ3v) is 3.42. The molecule has 0 bridgehead atoms. The minimum atomic E-state index is 0.727. The molecule has 2 heterocycles. The Balaban J connectivity index is 2.42. The third-order valence-electron chi connectivity index (χ3n) is 2.26. The highest BCUT2D eigenvalue weighted by Crippen LogP contribution is 2.34. The topological polar surface area (TPSA) is 9.23 Å². The van der Waals surface area contributed by atoms with Crippen LogP contribution < -0.4 is 0 Å². The second-order valence-electron chi connectivity index (χ2n) is 3.05. The fraction of sp³-hybridized carbons (Fsp3) is 0.0909. The monoisotopic (exact) mass is 188 g/mol. The van der Waals surface area contributed by atoms with Crippen LogP contribution in [-0.2, 0) is 11.3 Å². The van der Waals surface area contributed by atoms with Gasteiger partial charge in [0.25, 0.3) is 0 Å². The van der Waals surface area contributed by atoms with Crippen LogP contribution in [0.15, 0.2) is 30.5 Å². The predicted octanol–water partition coefficient (Wildman–Crippen LogP) is 3.40. The van der Waals surface area contributed by atoms with Crippen molar-refractivity contribution in [1.29, 1.82) is 0 Å². The molecule has 1 aliphatic heterocycles. The Morgan fingerprint density at radius 1 is 1.23 bits per heavy atom. The SMILES string of the molecule is C1=Cc2c(sc3ccccc23)CO1. The molecule has 0 spiro atoms. The van der Waals surface area contributed by atoms with Gasteiger partial charge < -0.3 is 4.74 Å². The van der Waals surface area contributed by atoms with Crippen LogP contribution in [0.4, 0.5) is 0 Å². The van der Waals surface area contributed by atoms with Gasteiger partial charge in [0.1, 0.15) is 6.61 Å². The van der Waals surface area contributed by atoms with E-state index in [-0.39, 0.29) is 0 Å². The lowest BCUT2D eigenvalue weighted by atomic mass is 10.1. The molecule has 1 aromatic carbocycles. The smallest absolute Gasteiger partial charge is 0.122 e. The van der Waals surface area contributed by atoms with E-state index in [1.807, 2.05) is 11.3 Å². The van der Waals surface area contributed by atoms with Crippen LogP contribution in [0.3, 0.4) is 0 Å². The van der Waals surface area contributed by atoms with E-state index in [1.165, 1.54) is 20.5 Å². The van der Waals surface area contributed by atoms with E-state index in [1.54, 1.807) is 6.26 Å². The molecule has 0 unspecified atom stereocenters. The molecule has 0 fully saturated rings. The van der Waals surface area contributed by atoms with Crippen molar-refractivity contribution >= 4 is 27.5 Å². The molecule has 0 saturated carbocycles. The largest absolute Gasteiger partial charge is 0.496 e. The second kappa shape index (κ2) is 2.60. The van der Waals surface area contributed by atoms with Gasteiger partial charge in [-0.1, -0.05) is 18.2 Å². The van der Waals surface area contributed by atoms with Crippen molar-refractivity contribution in [3.05, 3.63) is 41.0 Å². The van der Waals surface area contributed by atoms with Crippen molar-refractivity contribution in [2.75, 3.05) is 0 Å². The van der Waals surface area contributed by atoms with E-state index in [2.05, 4.69) is 30.3 Å². The summed E-state index contributed by atoms with van der Waals surface area (Å²) in [5.41, 5.74) is 1.34. The Bertz CT molecular complexity index is 482. The Hall–Kier alpha value is -1.28. The lowest BCUT2D eigenvalue weighted by Crippen LogP contribution is -1.90. The molecule has 0 N–H and O–H groups in total. The van der Waals surface area contributed by atoms with Crippen molar-refractivity contribution < 1.29 is 4.74 Å². The van der Waals surface area contributed by atoms with Gasteiger partial charge in [0, 0.05) is 15.6 Å². The molecule has 1 nitrogen and oxygen atoms in total. The Kier molecular flexibility index (Phi) is 1.43. The molecular weight excluding hydrogens is 180 g/mol. The van der Waals surface area contributed by atoms with Crippen molar-refractivity contribution in [1.82, 2.24) is 0 Å². The maximum Gasteiger partial charge on any atom is 0.122 e. The zero-order chi connectivity index (χ0) is 8.67. The van der Waals surface area contributed by atoms with Crippen LogP contribution in [0.1, 0.15) is 10.4 Å². The van der Waals surface area contributed by atoms with Crippen molar-refractivity contribution in [3.8, 4) is 0 Å². The van der Waals surface area contributed by atoms with Crippen LogP contribution in [0.5, 0.6) is 0 Å². The fourth-order valence-electron chi connectivity index (χ4n) is 1.65. The number of benzene rings is 1. The van der Waals surface area contributed by atoms with Gasteiger partial charge in [-0.3, -0.25) is 0 Å². The number of fused-ring (bicyclic) bond motifs is 3. The minimum absolute atomic E-state index is 0.727. The molecule has 13 heavy (non-hydrogen) atoms. The molecular formula is C11H8OS. The highest BCUT2D eigenvalue weighted by molar-refractivity contribution is 7.19. The summed E-state index contributed by atoms with van der Waals surface area (Å²) in [6.07, 6.45) is 3.83. The van der Waals surface area contributed by atoms with Gasteiger partial charge in [0.15, 0.2) is 0 Å². The molecule has 2 aromatic rings. The first-order valence-corrected chi connectivity index (χ1v) is 5.05. The minimum Gasteiger partial charge on any atom is -0.496 e. The van der Waals surface area contributed by atoms with Crippen LogP contribution in [0.2, 0.25) is 0 Å². The van der Waals surface area contributed by atoms with Gasteiger partial charge in [-0.2, -0.15) is 0 Å². The number of thiophene rings is 1. The normalized spacial score (nSPS) is 14.2. The van der Waals surface area contributed by atoms with E-state index in [9.17, 15) is 0 Å². The van der Waals surface area contributed by atoms with E-state index in [0.29, 0.717) is 0 Å². The molecule has 2 heteroatoms. The summed E-state index contributed by atoms with van der Waals surface area (Å²) in [6, 6.07) is 8.49. The van der Waals surface area contributed by atoms with Crippen LogP contribution in [-0.4, -0.2) is 0 Å². The number of hydrogen-bond acceptors (Lipinski definition) is 2. The lowest BCUT2D eigenvalue weighted by molar-refractivity contribution is 0.238. The molecule has 0 atom stereocenters. The van der Waals surface area contributed by atoms with E-state index < -0.39 is 0 Å². The molecule has 1 aromatic heterocycles. The summed E-state index contributed by atoms with van der Waals surface area (Å²) in [7, 11) is 0. The highest BCUT2D eigenvalue weighted by atomic mass is 32.1. The first-order chi connectivity index (χ1) is 6.45. The molecule has 1 aliphatic rings. The van der Waals surface area contributed by atoms with Crippen molar-refractivity contribution in [2.45, 2.75) is 6.61 Å². The van der Waals surface area contributed by atoms with Crippen LogP contribution in [0, 0.1) is 0 Å². The fourth-order valence-corrected chi connectivity index (χ4v) is 2.76. The molecule has 3 rings (SSSR count). The first kappa shape index (κ1) is 7.15. The maximum absolute atomic E-state index is 5.26. The molecule has 0 radical (unpaired) electrons. The Morgan fingerprint density at radius 3 is 3.15 bits per heavy atom. The zero-order valence-corrected chi connectivity index (χ0v) is 7.80. The van der Waals surface area contributed by atoms with Crippen molar-refractivity contribution in [2.24, 2.45) is 0 Å². The summed E-state index contributed by atoms with van der Waals surface area (Å²) in [4.78, 5) is 1.34. The van der Waals surface area contributed by atoms with E-state index in [0.717, 1.165) is 6.61 Å². The quantitative estimate of drug-likeness (QED) is 0.615. The van der Waals surface area contributed by atoms with Gasteiger partial charge in [-0.15, -0.1) is 11.3 Å². The number of hydrogen-bond donors (Lipinski definition) is 0. The highest BCUT2D eigenvalue weighted by Gasteiger charge is 2.11. The summed E-state index contributed by atoms with van der Waals surface area (Å²) in [5, 5.41) is 1.35. The summed E-state index contributed by atoms with van der Waals surface area (Å²) in [5.74, 6) is 0.